The number of aliphatic hydroxyl groups excluding tert-OH is 1. The molecule has 9 atom stereocenters. The minimum absolute atomic E-state index is 0.0304. The predicted octanol–water partition coefficient (Wildman–Crippen LogP) is -2.63. The zero-order valence-corrected chi connectivity index (χ0v) is 42.7. The van der Waals surface area contributed by atoms with Crippen molar-refractivity contribution in [2.24, 2.45) is 23.1 Å². The number of primary amides is 3. The molecule has 26 heteroatoms. The van der Waals surface area contributed by atoms with Crippen molar-refractivity contribution in [1.29, 1.82) is 0 Å². The monoisotopic (exact) mass is 1060 g/mol. The fourth-order valence-electron chi connectivity index (χ4n) is 8.67. The number of carboxylic acid groups (broad SMARTS) is 1. The van der Waals surface area contributed by atoms with Crippen molar-refractivity contribution >= 4 is 70.9 Å². The van der Waals surface area contributed by atoms with E-state index in [-0.39, 0.29) is 38.0 Å². The number of hydrogen-bond acceptors (Lipinski definition) is 14. The average Bonchev–Trinajstić information content (AvgIpc) is 3.82. The van der Waals surface area contributed by atoms with E-state index in [2.05, 4.69) is 51.1 Å². The molecule has 0 radical (unpaired) electrons. The lowest BCUT2D eigenvalue weighted by atomic mass is 10.0. The first kappa shape index (κ1) is 61.9. The summed E-state index contributed by atoms with van der Waals surface area (Å²) in [5.74, 6) is -13.2. The van der Waals surface area contributed by atoms with Crippen LogP contribution in [0.15, 0.2) is 24.3 Å². The van der Waals surface area contributed by atoms with E-state index >= 15 is 0 Å². The highest BCUT2D eigenvalue weighted by Gasteiger charge is 2.41. The number of fused-ring (bicyclic) bond motifs is 1. The molecule has 2 saturated heterocycles. The molecule has 11 amide bonds. The summed E-state index contributed by atoms with van der Waals surface area (Å²) in [7, 11) is 0. The second kappa shape index (κ2) is 30.7. The number of benzene rings is 1. The molecule has 9 unspecified atom stereocenters. The van der Waals surface area contributed by atoms with Crippen LogP contribution in [0.4, 0.5) is 0 Å². The number of aliphatic hydroxyl groups is 1. The van der Waals surface area contributed by atoms with Gasteiger partial charge in [0.25, 0.3) is 0 Å². The molecule has 1 aromatic rings. The lowest BCUT2D eigenvalue weighted by Gasteiger charge is -2.31. The first-order valence-electron chi connectivity index (χ1n) is 25.3. The van der Waals surface area contributed by atoms with E-state index in [1.54, 1.807) is 0 Å². The molecular weight excluding hydrogens is 983 g/mol. The minimum atomic E-state index is -1.90. The van der Waals surface area contributed by atoms with Gasteiger partial charge in [0.05, 0.1) is 25.4 Å². The number of nitrogens with one attached hydrogen (secondary N) is 7. The highest BCUT2D eigenvalue weighted by Crippen LogP contribution is 2.21. The van der Waals surface area contributed by atoms with E-state index in [0.29, 0.717) is 24.3 Å². The molecule has 0 saturated carbocycles. The first-order chi connectivity index (χ1) is 35.4. The van der Waals surface area contributed by atoms with Crippen LogP contribution in [-0.4, -0.2) is 152 Å². The number of carbonyl (C=O) groups excluding carboxylic acids is 11. The van der Waals surface area contributed by atoms with Crippen LogP contribution in [0.25, 0.3) is 0 Å². The number of amides is 11. The van der Waals surface area contributed by atoms with Crippen molar-refractivity contribution in [1.82, 2.24) is 42.1 Å². The van der Waals surface area contributed by atoms with Gasteiger partial charge in [-0.3, -0.25) is 57.5 Å². The van der Waals surface area contributed by atoms with Gasteiger partial charge in [0, 0.05) is 19.4 Å². The number of hydrogen-bond donors (Lipinski definition) is 13. The number of phenolic OH excluding ortho intramolecular Hbond substituents is 1. The molecule has 0 spiro atoms. The van der Waals surface area contributed by atoms with E-state index in [1.807, 2.05) is 0 Å². The Hall–Kier alpha value is -7.38. The Morgan fingerprint density at radius 2 is 1.01 bits per heavy atom. The van der Waals surface area contributed by atoms with Crippen molar-refractivity contribution < 1.29 is 72.9 Å². The Morgan fingerprint density at radius 1 is 0.573 bits per heavy atom. The van der Waals surface area contributed by atoms with Crippen LogP contribution in [0.1, 0.15) is 129 Å². The normalized spacial score (nSPS) is 24.3. The number of unbranched alkanes of at least 4 members (excludes halogenated alkanes) is 6. The molecule has 0 aliphatic carbocycles. The van der Waals surface area contributed by atoms with Gasteiger partial charge in [-0.05, 0) is 56.2 Å². The predicted molar refractivity (Wildman–Crippen MR) is 266 cm³/mol. The van der Waals surface area contributed by atoms with Crippen molar-refractivity contribution in [3.05, 3.63) is 29.8 Å². The van der Waals surface area contributed by atoms with Gasteiger partial charge in [0.2, 0.25) is 65.0 Å². The molecule has 16 N–H and O–H groups in total. The number of carboxylic acids is 1. The Balaban J connectivity index is 2.17. The number of aliphatic carboxylic acids is 1. The fraction of sp³-hybridized carbons (Fsp3) is 0.633. The van der Waals surface area contributed by atoms with Gasteiger partial charge in [0.1, 0.15) is 54.1 Å². The third-order valence-electron chi connectivity index (χ3n) is 12.7. The standard InChI is InChI=1S/C49H75N11O15/c1-26(2)12-9-7-5-4-6-8-10-13-30-42(68)56-34(24-38(51)64)45(71)55-32(22-28-15-17-29(62)18-16-28)43(69)57-33(23-37(50)63)44(70)54-31(19-20-40(66)67)49(75)60-21-11-14-36(60)47(73)58-35(25-39(52)65)46(72)59-41(27(3)61)48(74)53-30/h15-18,26-27,30-36,41,61-62H,4-14,19-25H2,1-3H3,(H2,50,63)(H2,51,64)(H2,52,65)(H,53,74)(H,54,70)(H,55,71)(H,56,68)(H,57,69)(H,58,73)(H,59,72)(H,66,67). The largest absolute Gasteiger partial charge is 0.508 e. The fourth-order valence-corrected chi connectivity index (χ4v) is 8.67. The number of nitrogens with zero attached hydrogens (tertiary/aromatic N) is 1. The Bertz CT molecular complexity index is 2210. The van der Waals surface area contributed by atoms with Gasteiger partial charge in [-0.2, -0.15) is 0 Å². The number of aromatic hydroxyl groups is 1. The average molecular weight is 1060 g/mol. The van der Waals surface area contributed by atoms with Crippen LogP contribution < -0.4 is 54.4 Å². The SMILES string of the molecule is CC(C)CCCCCCCCCC1NC(=O)C(C(C)O)NC(=O)C(CC(N)=O)NC(=O)C2CCCN2C(=O)C(CCC(=O)O)NC(=O)C(CC(N)=O)NC(=O)C(Cc2ccc(O)cc2)NC(=O)C(CC(N)=O)NC1=O. The maximum absolute atomic E-state index is 14.3. The molecule has 0 bridgehead atoms. The molecule has 0 aromatic heterocycles. The summed E-state index contributed by atoms with van der Waals surface area (Å²) in [5.41, 5.74) is 16.8. The molecular formula is C49H75N11O15. The molecule has 2 aliphatic heterocycles. The molecule has 416 valence electrons. The molecule has 75 heavy (non-hydrogen) atoms. The van der Waals surface area contributed by atoms with Gasteiger partial charge in [-0.25, -0.2) is 0 Å². The summed E-state index contributed by atoms with van der Waals surface area (Å²) in [5, 5.41) is 47.0. The topological polar surface area (TPSA) is 431 Å². The molecule has 1 aromatic carbocycles. The lowest BCUT2D eigenvalue weighted by molar-refractivity contribution is -0.144. The van der Waals surface area contributed by atoms with Crippen LogP contribution >= 0.6 is 0 Å². The zero-order valence-electron chi connectivity index (χ0n) is 42.7. The van der Waals surface area contributed by atoms with Gasteiger partial charge >= 0.3 is 5.97 Å². The smallest absolute Gasteiger partial charge is 0.303 e. The Morgan fingerprint density at radius 3 is 1.52 bits per heavy atom. The van der Waals surface area contributed by atoms with E-state index in [4.69, 9.17) is 17.2 Å². The Labute approximate surface area is 434 Å². The van der Waals surface area contributed by atoms with Crippen molar-refractivity contribution in [3.8, 4) is 5.75 Å². The maximum atomic E-state index is 14.3. The summed E-state index contributed by atoms with van der Waals surface area (Å²) in [6.45, 7) is 5.30. The Kier molecular flexibility index (Phi) is 25.4. The number of phenols is 1. The molecule has 2 fully saturated rings. The van der Waals surface area contributed by atoms with Crippen LogP contribution in [0.2, 0.25) is 0 Å². The van der Waals surface area contributed by atoms with Gasteiger partial charge in [-0.1, -0.05) is 77.3 Å². The summed E-state index contributed by atoms with van der Waals surface area (Å²) < 4.78 is 0. The molecule has 2 heterocycles. The van der Waals surface area contributed by atoms with Crippen molar-refractivity contribution in [3.63, 3.8) is 0 Å². The highest BCUT2D eigenvalue weighted by molar-refractivity contribution is 6.01. The van der Waals surface area contributed by atoms with E-state index in [1.165, 1.54) is 24.3 Å². The van der Waals surface area contributed by atoms with Crippen LogP contribution in [-0.2, 0) is 64.0 Å². The van der Waals surface area contributed by atoms with Crippen LogP contribution in [0.3, 0.4) is 0 Å². The summed E-state index contributed by atoms with van der Waals surface area (Å²) >= 11 is 0. The number of nitrogens with two attached hydrogens (primary N) is 3. The number of rotatable bonds is 22. The van der Waals surface area contributed by atoms with Gasteiger partial charge < -0.3 is 74.6 Å². The van der Waals surface area contributed by atoms with E-state index in [9.17, 15) is 72.9 Å². The second-order valence-electron chi connectivity index (χ2n) is 19.5. The van der Waals surface area contributed by atoms with Crippen molar-refractivity contribution in [2.75, 3.05) is 6.54 Å². The van der Waals surface area contributed by atoms with Crippen LogP contribution in [0, 0.1) is 5.92 Å². The number of carbonyl (C=O) groups is 12. The summed E-state index contributed by atoms with van der Waals surface area (Å²) in [6.07, 6.45) is 0.867. The third-order valence-corrected chi connectivity index (χ3v) is 12.7. The van der Waals surface area contributed by atoms with Crippen molar-refractivity contribution in [2.45, 2.75) is 184 Å². The molecule has 3 rings (SSSR count). The van der Waals surface area contributed by atoms with Gasteiger partial charge in [0.15, 0.2) is 0 Å². The molecule has 2 aliphatic rings. The highest BCUT2D eigenvalue weighted by atomic mass is 16.4. The third kappa shape index (κ3) is 21.5. The second-order valence-corrected chi connectivity index (χ2v) is 19.5. The quantitative estimate of drug-likeness (QED) is 0.0529. The summed E-state index contributed by atoms with van der Waals surface area (Å²) in [6, 6.07) is -8.42. The lowest BCUT2D eigenvalue weighted by Crippen LogP contribution is -2.63. The van der Waals surface area contributed by atoms with E-state index < -0.39 is 157 Å². The first-order valence-corrected chi connectivity index (χ1v) is 25.3. The zero-order chi connectivity index (χ0) is 55.9. The van der Waals surface area contributed by atoms with Crippen LogP contribution in [0.5, 0.6) is 5.75 Å². The maximum Gasteiger partial charge on any atom is 0.303 e. The van der Waals surface area contributed by atoms with E-state index in [0.717, 1.165) is 50.3 Å². The minimum Gasteiger partial charge on any atom is -0.508 e. The van der Waals surface area contributed by atoms with Gasteiger partial charge in [-0.15, -0.1) is 0 Å². The molecule has 26 nitrogen and oxygen atoms in total. The summed E-state index contributed by atoms with van der Waals surface area (Å²) in [4.78, 5) is 163.